The summed E-state index contributed by atoms with van der Waals surface area (Å²) in [5.41, 5.74) is 0.274. The molecular weight excluding hydrogens is 366 g/mol. The largest absolute Gasteiger partial charge is 0.464 e. The van der Waals surface area contributed by atoms with E-state index in [-0.39, 0.29) is 24.6 Å². The van der Waals surface area contributed by atoms with Crippen molar-refractivity contribution in [3.63, 3.8) is 0 Å². The fourth-order valence-electron chi connectivity index (χ4n) is 4.57. The summed E-state index contributed by atoms with van der Waals surface area (Å²) in [6.07, 6.45) is 0.898. The zero-order valence-corrected chi connectivity index (χ0v) is 14.9. The fraction of sp³-hybridized carbons (Fsp3) is 0.667. The van der Waals surface area contributed by atoms with Crippen molar-refractivity contribution >= 4 is 11.8 Å². The highest BCUT2D eigenvalue weighted by Crippen LogP contribution is 2.59. The number of pyridine rings is 1. The molecule has 5 nitrogen and oxygen atoms in total. The van der Waals surface area contributed by atoms with Gasteiger partial charge in [-0.15, -0.1) is 0 Å². The Hall–Kier alpha value is -1.90. The molecule has 1 saturated carbocycles. The lowest BCUT2D eigenvalue weighted by atomic mass is 9.59. The highest BCUT2D eigenvalue weighted by atomic mass is 19.3. The molecule has 1 aromatic rings. The molecule has 3 aliphatic rings. The topological polar surface area (TPSA) is 54.5 Å². The molecule has 1 N–H and O–H groups in total. The number of ether oxygens (including phenoxy) is 1. The first-order chi connectivity index (χ1) is 12.6. The van der Waals surface area contributed by atoms with E-state index in [9.17, 15) is 22.4 Å². The highest BCUT2D eigenvalue weighted by Gasteiger charge is 2.57. The minimum Gasteiger partial charge on any atom is -0.464 e. The maximum absolute atomic E-state index is 13.5. The number of piperidine rings is 1. The van der Waals surface area contributed by atoms with Crippen molar-refractivity contribution in [2.45, 2.75) is 43.6 Å². The SMILES string of the molecule is COC(=O)c1ccc(C2CC3(CCN2)CC(F)(F)C3)c(N2CC(F)(F)C2)n1. The van der Waals surface area contributed by atoms with Gasteiger partial charge < -0.3 is 15.0 Å². The quantitative estimate of drug-likeness (QED) is 0.638. The normalized spacial score (nSPS) is 27.6. The van der Waals surface area contributed by atoms with Crippen molar-refractivity contribution in [3.05, 3.63) is 23.4 Å². The lowest BCUT2D eigenvalue weighted by Gasteiger charge is -2.52. The molecule has 0 bridgehead atoms. The maximum Gasteiger partial charge on any atom is 0.356 e. The number of methoxy groups -OCH3 is 1. The molecule has 1 atom stereocenters. The van der Waals surface area contributed by atoms with E-state index in [1.165, 1.54) is 18.1 Å². The predicted molar refractivity (Wildman–Crippen MR) is 89.3 cm³/mol. The van der Waals surface area contributed by atoms with Gasteiger partial charge in [0.25, 0.3) is 5.92 Å². The number of nitrogens with zero attached hydrogens (tertiary/aromatic N) is 2. The molecule has 9 heteroatoms. The number of aromatic nitrogens is 1. The standard InChI is InChI=1S/C18H21F4N3O2/c1-27-15(26)12-3-2-11(14(24-12)25-9-18(21,22)10-25)13-6-16(4-5-23-13)7-17(19,20)8-16/h2-3,13,23H,4-10H2,1H3. The smallest absolute Gasteiger partial charge is 0.356 e. The molecule has 0 aromatic carbocycles. The monoisotopic (exact) mass is 387 g/mol. The molecule has 3 fully saturated rings. The Morgan fingerprint density at radius 1 is 1.22 bits per heavy atom. The predicted octanol–water partition coefficient (Wildman–Crippen LogP) is 3.16. The summed E-state index contributed by atoms with van der Waals surface area (Å²) in [7, 11) is 1.22. The van der Waals surface area contributed by atoms with Gasteiger partial charge in [0.2, 0.25) is 5.92 Å². The lowest BCUT2D eigenvalue weighted by molar-refractivity contribution is -0.174. The van der Waals surface area contributed by atoms with Crippen LogP contribution in [0.5, 0.6) is 0 Å². The van der Waals surface area contributed by atoms with Gasteiger partial charge in [0.1, 0.15) is 5.82 Å². The summed E-state index contributed by atoms with van der Waals surface area (Å²) in [4.78, 5) is 17.5. The minimum absolute atomic E-state index is 0.0344. The number of halogens is 4. The van der Waals surface area contributed by atoms with Gasteiger partial charge in [0.05, 0.1) is 20.2 Å². The molecule has 148 valence electrons. The van der Waals surface area contributed by atoms with Crippen molar-refractivity contribution < 1.29 is 27.1 Å². The average molecular weight is 387 g/mol. The summed E-state index contributed by atoms with van der Waals surface area (Å²) < 4.78 is 58.4. The summed E-state index contributed by atoms with van der Waals surface area (Å²) >= 11 is 0. The van der Waals surface area contributed by atoms with E-state index in [0.29, 0.717) is 30.8 Å². The zero-order valence-electron chi connectivity index (χ0n) is 14.9. The Morgan fingerprint density at radius 2 is 1.93 bits per heavy atom. The van der Waals surface area contributed by atoms with Crippen LogP contribution in [0.1, 0.15) is 47.8 Å². The van der Waals surface area contributed by atoms with Crippen LogP contribution < -0.4 is 10.2 Å². The molecule has 1 aliphatic carbocycles. The Morgan fingerprint density at radius 3 is 2.52 bits per heavy atom. The van der Waals surface area contributed by atoms with E-state index in [1.807, 2.05) is 0 Å². The highest BCUT2D eigenvalue weighted by molar-refractivity contribution is 5.87. The molecule has 0 amide bonds. The number of esters is 1. The summed E-state index contributed by atoms with van der Waals surface area (Å²) in [6.45, 7) is -0.379. The molecule has 2 saturated heterocycles. The summed E-state index contributed by atoms with van der Waals surface area (Å²) in [6, 6.07) is 2.89. The van der Waals surface area contributed by atoms with Gasteiger partial charge in [-0.25, -0.2) is 27.3 Å². The van der Waals surface area contributed by atoms with Crippen LogP contribution in [-0.2, 0) is 4.74 Å². The van der Waals surface area contributed by atoms with Gasteiger partial charge in [-0.2, -0.15) is 0 Å². The fourth-order valence-corrected chi connectivity index (χ4v) is 4.57. The number of anilines is 1. The van der Waals surface area contributed by atoms with Crippen LogP contribution >= 0.6 is 0 Å². The third-order valence-corrected chi connectivity index (χ3v) is 5.77. The van der Waals surface area contributed by atoms with Crippen LogP contribution in [0.25, 0.3) is 0 Å². The number of hydrogen-bond acceptors (Lipinski definition) is 5. The van der Waals surface area contributed by atoms with Crippen molar-refractivity contribution in [3.8, 4) is 0 Å². The van der Waals surface area contributed by atoms with E-state index in [1.54, 1.807) is 6.07 Å². The Bertz CT molecular complexity index is 755. The van der Waals surface area contributed by atoms with Gasteiger partial charge >= 0.3 is 5.97 Å². The number of nitrogens with one attached hydrogen (secondary N) is 1. The second-order valence-corrected chi connectivity index (χ2v) is 7.98. The van der Waals surface area contributed by atoms with Crippen molar-refractivity contribution in [1.29, 1.82) is 0 Å². The molecule has 0 radical (unpaired) electrons. The zero-order chi connectivity index (χ0) is 19.4. The molecule has 1 spiro atoms. The third kappa shape index (κ3) is 3.37. The first-order valence-electron chi connectivity index (χ1n) is 8.95. The van der Waals surface area contributed by atoms with E-state index in [2.05, 4.69) is 15.0 Å². The lowest BCUT2D eigenvalue weighted by Crippen LogP contribution is -2.57. The van der Waals surface area contributed by atoms with Crippen molar-refractivity contribution in [2.24, 2.45) is 5.41 Å². The second-order valence-electron chi connectivity index (χ2n) is 7.98. The van der Waals surface area contributed by atoms with Gasteiger partial charge in [-0.1, -0.05) is 6.07 Å². The molecule has 3 heterocycles. The van der Waals surface area contributed by atoms with Crippen LogP contribution in [0.3, 0.4) is 0 Å². The van der Waals surface area contributed by atoms with Gasteiger partial charge in [-0.05, 0) is 30.9 Å². The Balaban J connectivity index is 1.62. The van der Waals surface area contributed by atoms with E-state index >= 15 is 0 Å². The number of carbonyl (C=O) groups is 1. The second kappa shape index (κ2) is 6.05. The molecule has 4 rings (SSSR count). The average Bonchev–Trinajstić information content (AvgIpc) is 2.56. The van der Waals surface area contributed by atoms with Crippen molar-refractivity contribution in [1.82, 2.24) is 10.3 Å². The minimum atomic E-state index is -2.79. The molecule has 1 aromatic heterocycles. The first-order valence-corrected chi connectivity index (χ1v) is 8.95. The number of hydrogen-bond donors (Lipinski definition) is 1. The van der Waals surface area contributed by atoms with Gasteiger partial charge in [-0.3, -0.25) is 0 Å². The molecule has 27 heavy (non-hydrogen) atoms. The number of alkyl halides is 4. The van der Waals surface area contributed by atoms with Crippen LogP contribution in [0.2, 0.25) is 0 Å². The maximum atomic E-state index is 13.5. The summed E-state index contributed by atoms with van der Waals surface area (Å²) in [5.74, 6) is -5.76. The van der Waals surface area contributed by atoms with Gasteiger partial charge in [0, 0.05) is 24.4 Å². The Labute approximate surface area is 154 Å². The number of carbonyl (C=O) groups excluding carboxylic acids is 1. The molecule has 1 unspecified atom stereocenters. The van der Waals surface area contributed by atoms with Crippen LogP contribution in [0.4, 0.5) is 23.4 Å². The Kier molecular flexibility index (Phi) is 4.14. The van der Waals surface area contributed by atoms with Crippen LogP contribution in [0, 0.1) is 5.41 Å². The van der Waals surface area contributed by atoms with Crippen LogP contribution in [-0.4, -0.2) is 49.5 Å². The van der Waals surface area contributed by atoms with Crippen LogP contribution in [0.15, 0.2) is 12.1 Å². The molecular formula is C18H21F4N3O2. The first kappa shape index (κ1) is 18.5. The van der Waals surface area contributed by atoms with E-state index < -0.39 is 36.3 Å². The van der Waals surface area contributed by atoms with Gasteiger partial charge in [0.15, 0.2) is 5.69 Å². The summed E-state index contributed by atoms with van der Waals surface area (Å²) in [5, 5.41) is 3.30. The molecule has 2 aliphatic heterocycles. The van der Waals surface area contributed by atoms with Crippen molar-refractivity contribution in [2.75, 3.05) is 31.6 Å². The van der Waals surface area contributed by atoms with E-state index in [4.69, 9.17) is 0 Å². The third-order valence-electron chi connectivity index (χ3n) is 5.77. The van der Waals surface area contributed by atoms with E-state index in [0.717, 1.165) is 0 Å². The number of rotatable bonds is 3.